The first-order valence-electron chi connectivity index (χ1n) is 5.31. The normalized spacial score (nSPS) is 12.7. The van der Waals surface area contributed by atoms with Crippen molar-refractivity contribution in [3.05, 3.63) is 35.4 Å². The highest BCUT2D eigenvalue weighted by Crippen LogP contribution is 2.19. The fourth-order valence-electron chi connectivity index (χ4n) is 1.39. The first-order valence-corrected chi connectivity index (χ1v) is 5.31. The van der Waals surface area contributed by atoms with Crippen LogP contribution in [0.3, 0.4) is 0 Å². The van der Waals surface area contributed by atoms with Gasteiger partial charge in [-0.2, -0.15) is 13.2 Å². The third kappa shape index (κ3) is 3.97. The van der Waals surface area contributed by atoms with Gasteiger partial charge in [0.25, 0.3) is 0 Å². The van der Waals surface area contributed by atoms with E-state index in [-0.39, 0.29) is 5.56 Å². The third-order valence-corrected chi connectivity index (χ3v) is 2.44. The molecule has 0 aliphatic rings. The number of hydrogen-bond acceptors (Lipinski definition) is 3. The monoisotopic (exact) mass is 275 g/mol. The van der Waals surface area contributed by atoms with E-state index in [1.54, 1.807) is 0 Å². The van der Waals surface area contributed by atoms with E-state index >= 15 is 0 Å². The second-order valence-electron chi connectivity index (χ2n) is 3.81. The minimum Gasteiger partial charge on any atom is -0.465 e. The summed E-state index contributed by atoms with van der Waals surface area (Å²) in [5, 5.41) is 1.82. The lowest BCUT2D eigenvalue weighted by Crippen LogP contribution is -2.38. The summed E-state index contributed by atoms with van der Waals surface area (Å²) in [6, 6.07) is 4.91. The van der Waals surface area contributed by atoms with E-state index in [9.17, 15) is 22.8 Å². The first kappa shape index (κ1) is 15.0. The van der Waals surface area contributed by atoms with Crippen LogP contribution in [0.25, 0.3) is 0 Å². The average molecular weight is 275 g/mol. The fraction of sp³-hybridized carbons (Fsp3) is 0.333. The van der Waals surface area contributed by atoms with E-state index in [0.29, 0.717) is 5.56 Å². The summed E-state index contributed by atoms with van der Waals surface area (Å²) in [5.41, 5.74) is 0.728. The Hall–Kier alpha value is -2.05. The summed E-state index contributed by atoms with van der Waals surface area (Å²) in [6.45, 7) is 1.41. The molecule has 0 fully saturated rings. The van der Waals surface area contributed by atoms with Gasteiger partial charge in [0.2, 0.25) is 0 Å². The van der Waals surface area contributed by atoms with Crippen LogP contribution in [0.4, 0.5) is 13.2 Å². The van der Waals surface area contributed by atoms with Crippen LogP contribution in [-0.2, 0) is 9.53 Å². The van der Waals surface area contributed by atoms with Gasteiger partial charge in [-0.05, 0) is 24.6 Å². The summed E-state index contributed by atoms with van der Waals surface area (Å²) < 4.78 is 40.7. The number of methoxy groups -OCH3 is 1. The molecular formula is C12H12F3NO3. The van der Waals surface area contributed by atoms with E-state index in [4.69, 9.17) is 0 Å². The van der Waals surface area contributed by atoms with E-state index in [0.717, 1.165) is 0 Å². The van der Waals surface area contributed by atoms with Crippen LogP contribution in [0.2, 0.25) is 0 Å². The maximum atomic E-state index is 12.1. The molecule has 4 nitrogen and oxygen atoms in total. The number of halogens is 3. The van der Waals surface area contributed by atoms with Crippen molar-refractivity contribution in [1.29, 1.82) is 0 Å². The number of nitrogens with one attached hydrogen (secondary N) is 1. The molecule has 19 heavy (non-hydrogen) atoms. The molecule has 0 unspecified atom stereocenters. The zero-order chi connectivity index (χ0) is 14.6. The van der Waals surface area contributed by atoms with Crippen LogP contribution in [0, 0.1) is 0 Å². The molecule has 0 saturated carbocycles. The number of ether oxygens (including phenoxy) is 1. The largest absolute Gasteiger partial charge is 0.471 e. The summed E-state index contributed by atoms with van der Waals surface area (Å²) in [6.07, 6.45) is -4.92. The van der Waals surface area contributed by atoms with Crippen LogP contribution in [0.1, 0.15) is 28.9 Å². The van der Waals surface area contributed by atoms with E-state index in [1.807, 2.05) is 5.32 Å². The zero-order valence-electron chi connectivity index (χ0n) is 10.2. The third-order valence-electron chi connectivity index (χ3n) is 2.44. The maximum absolute atomic E-state index is 12.1. The molecule has 0 heterocycles. The Bertz CT molecular complexity index is 468. The van der Waals surface area contributed by atoms with Crippen molar-refractivity contribution in [2.45, 2.75) is 19.1 Å². The predicted molar refractivity (Wildman–Crippen MR) is 60.4 cm³/mol. The smallest absolute Gasteiger partial charge is 0.465 e. The van der Waals surface area contributed by atoms with Crippen LogP contribution in [0.15, 0.2) is 24.3 Å². The van der Waals surface area contributed by atoms with Gasteiger partial charge >= 0.3 is 18.1 Å². The van der Waals surface area contributed by atoms with Gasteiger partial charge in [0.1, 0.15) is 0 Å². The van der Waals surface area contributed by atoms with Crippen molar-refractivity contribution in [2.75, 3.05) is 7.11 Å². The Balaban J connectivity index is 2.76. The second kappa shape index (κ2) is 5.73. The number of amides is 1. The quantitative estimate of drug-likeness (QED) is 0.860. The molecular weight excluding hydrogens is 263 g/mol. The minimum atomic E-state index is -4.92. The van der Waals surface area contributed by atoms with Gasteiger partial charge in [-0.15, -0.1) is 0 Å². The number of esters is 1. The van der Waals surface area contributed by atoms with Gasteiger partial charge < -0.3 is 10.1 Å². The molecule has 0 spiro atoms. The zero-order valence-corrected chi connectivity index (χ0v) is 10.2. The number of carbonyl (C=O) groups is 2. The molecule has 7 heteroatoms. The maximum Gasteiger partial charge on any atom is 0.471 e. The SMILES string of the molecule is COC(=O)c1ccc([C@H](C)NC(=O)C(F)(F)F)cc1. The molecule has 0 bridgehead atoms. The summed E-state index contributed by atoms with van der Waals surface area (Å²) in [5.74, 6) is -2.55. The Morgan fingerprint density at radius 1 is 1.21 bits per heavy atom. The minimum absolute atomic E-state index is 0.278. The molecule has 1 rings (SSSR count). The fourth-order valence-corrected chi connectivity index (χ4v) is 1.39. The Labute approximate surface area is 107 Å². The molecule has 1 N–H and O–H groups in total. The molecule has 0 aliphatic carbocycles. The highest BCUT2D eigenvalue weighted by atomic mass is 19.4. The molecule has 0 radical (unpaired) electrons. The van der Waals surface area contributed by atoms with Crippen LogP contribution < -0.4 is 5.32 Å². The van der Waals surface area contributed by atoms with Gasteiger partial charge in [0, 0.05) is 0 Å². The molecule has 1 atom stereocenters. The first-order chi connectivity index (χ1) is 8.75. The van der Waals surface area contributed by atoms with E-state index < -0.39 is 24.1 Å². The van der Waals surface area contributed by atoms with Gasteiger partial charge in [-0.1, -0.05) is 12.1 Å². The van der Waals surface area contributed by atoms with Crippen LogP contribution >= 0.6 is 0 Å². The standard InChI is InChI=1S/C12H12F3NO3/c1-7(16-11(18)12(13,14)15)8-3-5-9(6-4-8)10(17)19-2/h3-7H,1-2H3,(H,16,18)/t7-/m0/s1. The second-order valence-corrected chi connectivity index (χ2v) is 3.81. The topological polar surface area (TPSA) is 55.4 Å². The Morgan fingerprint density at radius 2 is 1.74 bits per heavy atom. The number of benzene rings is 1. The van der Waals surface area contributed by atoms with Crippen molar-refractivity contribution in [1.82, 2.24) is 5.32 Å². The molecule has 1 aromatic rings. The van der Waals surface area contributed by atoms with Crippen molar-refractivity contribution < 1.29 is 27.5 Å². The summed E-state index contributed by atoms with van der Waals surface area (Å²) in [4.78, 5) is 21.9. The molecule has 1 aromatic carbocycles. The number of alkyl halides is 3. The summed E-state index contributed by atoms with van der Waals surface area (Å²) in [7, 11) is 1.22. The van der Waals surface area contributed by atoms with Crippen molar-refractivity contribution in [3.63, 3.8) is 0 Å². The summed E-state index contributed by atoms with van der Waals surface area (Å²) >= 11 is 0. The van der Waals surface area contributed by atoms with Crippen molar-refractivity contribution in [3.8, 4) is 0 Å². The lowest BCUT2D eigenvalue weighted by atomic mass is 10.1. The van der Waals surface area contributed by atoms with Crippen LogP contribution in [-0.4, -0.2) is 25.2 Å². The molecule has 0 aliphatic heterocycles. The van der Waals surface area contributed by atoms with Gasteiger partial charge in [-0.25, -0.2) is 4.79 Å². The number of carbonyl (C=O) groups excluding carboxylic acids is 2. The molecule has 1 amide bonds. The average Bonchev–Trinajstić information content (AvgIpc) is 2.36. The highest BCUT2D eigenvalue weighted by molar-refractivity contribution is 5.89. The predicted octanol–water partition coefficient (Wildman–Crippen LogP) is 2.21. The highest BCUT2D eigenvalue weighted by Gasteiger charge is 2.39. The van der Waals surface area contributed by atoms with Crippen molar-refractivity contribution >= 4 is 11.9 Å². The van der Waals surface area contributed by atoms with Crippen molar-refractivity contribution in [2.24, 2.45) is 0 Å². The number of hydrogen-bond donors (Lipinski definition) is 1. The molecule has 104 valence electrons. The van der Waals surface area contributed by atoms with Crippen LogP contribution in [0.5, 0.6) is 0 Å². The van der Waals surface area contributed by atoms with Gasteiger partial charge in [0.15, 0.2) is 0 Å². The lowest BCUT2D eigenvalue weighted by molar-refractivity contribution is -0.174. The Morgan fingerprint density at radius 3 is 2.16 bits per heavy atom. The molecule has 0 saturated heterocycles. The van der Waals surface area contributed by atoms with E-state index in [1.165, 1.54) is 38.3 Å². The molecule has 0 aromatic heterocycles. The number of rotatable bonds is 3. The van der Waals surface area contributed by atoms with Gasteiger partial charge in [0.05, 0.1) is 18.7 Å². The Kier molecular flexibility index (Phi) is 4.52. The van der Waals surface area contributed by atoms with Gasteiger partial charge in [-0.3, -0.25) is 4.79 Å². The van der Waals surface area contributed by atoms with E-state index in [2.05, 4.69) is 4.74 Å². The lowest BCUT2D eigenvalue weighted by Gasteiger charge is -2.15.